The molecule has 2 aliphatic rings. The summed E-state index contributed by atoms with van der Waals surface area (Å²) in [4.78, 5) is 41.8. The molecule has 36 heavy (non-hydrogen) atoms. The fraction of sp³-hybridized carbons (Fsp3) is 0.393. The lowest BCUT2D eigenvalue weighted by Crippen LogP contribution is -2.64. The first-order valence-corrected chi connectivity index (χ1v) is 12.5. The molecule has 1 saturated carbocycles. The van der Waals surface area contributed by atoms with Crippen molar-refractivity contribution in [2.75, 3.05) is 12.4 Å². The average molecular weight is 489 g/mol. The van der Waals surface area contributed by atoms with E-state index in [-0.39, 0.29) is 36.9 Å². The van der Waals surface area contributed by atoms with Crippen LogP contribution in [0.2, 0.25) is 0 Å². The number of hydrogen-bond acceptors (Lipinski definition) is 4. The predicted molar refractivity (Wildman–Crippen MR) is 138 cm³/mol. The summed E-state index contributed by atoms with van der Waals surface area (Å²) in [6.45, 7) is 3.80. The zero-order chi connectivity index (χ0) is 25.4. The lowest BCUT2D eigenvalue weighted by Gasteiger charge is -2.44. The van der Waals surface area contributed by atoms with Gasteiger partial charge < -0.3 is 24.8 Å². The van der Waals surface area contributed by atoms with Crippen LogP contribution in [0, 0.1) is 0 Å². The summed E-state index contributed by atoms with van der Waals surface area (Å²) >= 11 is 0. The number of anilines is 1. The van der Waals surface area contributed by atoms with Crippen molar-refractivity contribution in [1.82, 2.24) is 14.8 Å². The van der Waals surface area contributed by atoms with E-state index < -0.39 is 5.54 Å². The maximum atomic E-state index is 14.2. The van der Waals surface area contributed by atoms with Gasteiger partial charge in [0.05, 0.1) is 24.9 Å². The van der Waals surface area contributed by atoms with Crippen molar-refractivity contribution in [3.05, 3.63) is 59.8 Å². The molecular weight excluding hydrogens is 456 g/mol. The molecule has 8 heteroatoms. The third kappa shape index (κ3) is 4.10. The third-order valence-corrected chi connectivity index (χ3v) is 7.46. The molecule has 1 fully saturated rings. The van der Waals surface area contributed by atoms with Crippen LogP contribution in [-0.4, -0.2) is 45.9 Å². The van der Waals surface area contributed by atoms with Gasteiger partial charge in [-0.25, -0.2) is 0 Å². The van der Waals surface area contributed by atoms with E-state index in [1.165, 1.54) is 6.92 Å². The zero-order valence-electron chi connectivity index (χ0n) is 21.0. The number of amides is 3. The van der Waals surface area contributed by atoms with Gasteiger partial charge >= 0.3 is 0 Å². The molecule has 1 aliphatic carbocycles. The molecule has 0 spiro atoms. The minimum Gasteiger partial charge on any atom is -0.497 e. The first kappa shape index (κ1) is 23.9. The van der Waals surface area contributed by atoms with E-state index in [4.69, 9.17) is 4.74 Å². The Morgan fingerprint density at radius 1 is 1.08 bits per heavy atom. The average Bonchev–Trinajstić information content (AvgIpc) is 3.48. The van der Waals surface area contributed by atoms with Crippen molar-refractivity contribution in [3.63, 3.8) is 0 Å². The van der Waals surface area contributed by atoms with Gasteiger partial charge in [0.2, 0.25) is 11.8 Å². The highest BCUT2D eigenvalue weighted by Crippen LogP contribution is 2.39. The number of rotatable bonds is 6. The van der Waals surface area contributed by atoms with Gasteiger partial charge in [0.1, 0.15) is 17.0 Å². The maximum Gasteiger partial charge on any atom is 0.273 e. The highest BCUT2D eigenvalue weighted by Gasteiger charge is 2.49. The Morgan fingerprint density at radius 2 is 1.78 bits per heavy atom. The fourth-order valence-corrected chi connectivity index (χ4v) is 5.50. The maximum absolute atomic E-state index is 14.2. The molecule has 2 heterocycles. The molecule has 1 atom stereocenters. The Bertz CT molecular complexity index is 1320. The van der Waals surface area contributed by atoms with E-state index in [0.717, 1.165) is 47.9 Å². The monoisotopic (exact) mass is 488 g/mol. The van der Waals surface area contributed by atoms with Crippen molar-refractivity contribution in [2.24, 2.45) is 0 Å². The number of carbonyl (C=O) groups is 3. The minimum atomic E-state index is -1.12. The SMILES string of the molecule is COc1ccc(CN2C(=O)c3c(NC(C)=O)c4ccccc4n3CC2(C)C(=O)NC2CCCC2)cc1. The van der Waals surface area contributed by atoms with Crippen LogP contribution in [0.5, 0.6) is 5.75 Å². The van der Waals surface area contributed by atoms with E-state index in [1.807, 2.05) is 60.0 Å². The van der Waals surface area contributed by atoms with Gasteiger partial charge in [-0.1, -0.05) is 43.2 Å². The summed E-state index contributed by atoms with van der Waals surface area (Å²) < 4.78 is 7.17. The van der Waals surface area contributed by atoms with Crippen LogP contribution in [0.4, 0.5) is 5.69 Å². The van der Waals surface area contributed by atoms with Crippen LogP contribution in [0.25, 0.3) is 10.9 Å². The number of aromatic nitrogens is 1. The minimum absolute atomic E-state index is 0.130. The largest absolute Gasteiger partial charge is 0.497 e. The molecule has 1 aliphatic heterocycles. The second-order valence-electron chi connectivity index (χ2n) is 9.98. The standard InChI is InChI=1S/C28H32N4O4/c1-18(33)29-24-22-10-6-7-11-23(22)31-17-28(2,27(35)30-20-8-4-5-9-20)32(26(34)25(24)31)16-19-12-14-21(36-3)15-13-19/h6-7,10-15,20H,4-5,8-9,16-17H2,1-3H3,(H,29,33)(H,30,35). The third-order valence-electron chi connectivity index (χ3n) is 7.46. The molecule has 2 N–H and O–H groups in total. The van der Waals surface area contributed by atoms with Crippen LogP contribution in [0.3, 0.4) is 0 Å². The summed E-state index contributed by atoms with van der Waals surface area (Å²) in [5, 5.41) is 6.88. The Morgan fingerprint density at radius 3 is 2.44 bits per heavy atom. The molecule has 188 valence electrons. The topological polar surface area (TPSA) is 92.7 Å². The fourth-order valence-electron chi connectivity index (χ4n) is 5.50. The number of fused-ring (bicyclic) bond motifs is 3. The van der Waals surface area contributed by atoms with Gasteiger partial charge in [-0.2, -0.15) is 0 Å². The number of hydrogen-bond donors (Lipinski definition) is 2. The molecule has 1 unspecified atom stereocenters. The molecule has 3 amide bonds. The lowest BCUT2D eigenvalue weighted by molar-refractivity contribution is -0.133. The Labute approximate surface area is 210 Å². The Kier molecular flexibility index (Phi) is 6.20. The lowest BCUT2D eigenvalue weighted by atomic mass is 9.93. The van der Waals surface area contributed by atoms with Crippen LogP contribution in [-0.2, 0) is 22.7 Å². The number of carbonyl (C=O) groups excluding carboxylic acids is 3. The molecular formula is C28H32N4O4. The highest BCUT2D eigenvalue weighted by molar-refractivity contribution is 6.14. The summed E-state index contributed by atoms with van der Waals surface area (Å²) in [7, 11) is 1.61. The Balaban J connectivity index is 1.62. The molecule has 3 aromatic rings. The number of nitrogens with zero attached hydrogens (tertiary/aromatic N) is 2. The van der Waals surface area contributed by atoms with Gasteiger partial charge in [-0.15, -0.1) is 0 Å². The molecule has 8 nitrogen and oxygen atoms in total. The van der Waals surface area contributed by atoms with Crippen molar-refractivity contribution in [2.45, 2.75) is 64.2 Å². The van der Waals surface area contributed by atoms with Crippen molar-refractivity contribution in [1.29, 1.82) is 0 Å². The molecule has 0 bridgehead atoms. The predicted octanol–water partition coefficient (Wildman–Crippen LogP) is 4.08. The number of para-hydroxylation sites is 1. The number of methoxy groups -OCH3 is 1. The van der Waals surface area contributed by atoms with Gasteiger partial charge in [0, 0.05) is 24.9 Å². The molecule has 2 aromatic carbocycles. The van der Waals surface area contributed by atoms with Crippen LogP contribution in [0.15, 0.2) is 48.5 Å². The van der Waals surface area contributed by atoms with Gasteiger partial charge in [-0.05, 0) is 43.5 Å². The summed E-state index contributed by atoms with van der Waals surface area (Å²) in [5.74, 6) is 0.0244. The molecule has 5 rings (SSSR count). The second-order valence-corrected chi connectivity index (χ2v) is 9.98. The summed E-state index contributed by atoms with van der Waals surface area (Å²) in [6, 6.07) is 15.2. The number of nitrogens with one attached hydrogen (secondary N) is 2. The van der Waals surface area contributed by atoms with Gasteiger partial charge in [0.25, 0.3) is 5.91 Å². The first-order chi connectivity index (χ1) is 17.3. The van der Waals surface area contributed by atoms with E-state index in [9.17, 15) is 14.4 Å². The van der Waals surface area contributed by atoms with Gasteiger partial charge in [-0.3, -0.25) is 14.4 Å². The first-order valence-electron chi connectivity index (χ1n) is 12.5. The second kappa shape index (κ2) is 9.33. The number of ether oxygens (including phenoxy) is 1. The molecule has 0 radical (unpaired) electrons. The highest BCUT2D eigenvalue weighted by atomic mass is 16.5. The van der Waals surface area contributed by atoms with E-state index in [2.05, 4.69) is 10.6 Å². The quantitative estimate of drug-likeness (QED) is 0.547. The van der Waals surface area contributed by atoms with E-state index >= 15 is 0 Å². The van der Waals surface area contributed by atoms with Gasteiger partial charge in [0.15, 0.2) is 0 Å². The number of benzene rings is 2. The van der Waals surface area contributed by atoms with E-state index in [0.29, 0.717) is 11.4 Å². The van der Waals surface area contributed by atoms with Crippen LogP contribution >= 0.6 is 0 Å². The van der Waals surface area contributed by atoms with E-state index in [1.54, 1.807) is 12.0 Å². The molecule has 1 aromatic heterocycles. The van der Waals surface area contributed by atoms with Crippen molar-refractivity contribution in [3.8, 4) is 5.75 Å². The van der Waals surface area contributed by atoms with Crippen molar-refractivity contribution >= 4 is 34.3 Å². The summed E-state index contributed by atoms with van der Waals surface area (Å²) in [5.41, 5.74) is 1.46. The zero-order valence-corrected chi connectivity index (χ0v) is 21.0. The smallest absolute Gasteiger partial charge is 0.273 e. The van der Waals surface area contributed by atoms with Crippen LogP contribution < -0.4 is 15.4 Å². The normalized spacial score (nSPS) is 19.9. The summed E-state index contributed by atoms with van der Waals surface area (Å²) in [6.07, 6.45) is 4.11. The van der Waals surface area contributed by atoms with Crippen LogP contribution in [0.1, 0.15) is 55.6 Å². The molecule has 0 saturated heterocycles. The Hall–Kier alpha value is -3.81. The van der Waals surface area contributed by atoms with Crippen molar-refractivity contribution < 1.29 is 19.1 Å².